The number of methoxy groups -OCH3 is 2. The van der Waals surface area contributed by atoms with Crippen LogP contribution in [0.25, 0.3) is 11.2 Å². The number of fused-ring (bicyclic) bond motifs is 1. The minimum Gasteiger partial charge on any atom is -0.432 e. The van der Waals surface area contributed by atoms with Crippen LogP contribution in [0.3, 0.4) is 0 Å². The van der Waals surface area contributed by atoms with Gasteiger partial charge < -0.3 is 68.1 Å². The van der Waals surface area contributed by atoms with Gasteiger partial charge in [-0.2, -0.15) is 9.97 Å². The summed E-state index contributed by atoms with van der Waals surface area (Å²) < 4.78 is 54.4. The number of likely N-dealkylation sites (N-methyl/N-ethyl adjacent to an activating group) is 1. The molecule has 2 aliphatic heterocycles. The van der Waals surface area contributed by atoms with Crippen molar-refractivity contribution < 1.29 is 76.8 Å². The van der Waals surface area contributed by atoms with Crippen molar-refractivity contribution in [3.63, 3.8) is 0 Å². The lowest BCUT2D eigenvalue weighted by Crippen LogP contribution is -2.56. The lowest BCUT2D eigenvalue weighted by Gasteiger charge is -2.35. The maximum atomic E-state index is 13.9. The van der Waals surface area contributed by atoms with Crippen molar-refractivity contribution in [2.75, 3.05) is 86.0 Å². The molecule has 22 nitrogen and oxygen atoms in total. The maximum absolute atomic E-state index is 13.9. The van der Waals surface area contributed by atoms with Gasteiger partial charge in [-0.15, -0.1) is 0 Å². The Morgan fingerprint density at radius 1 is 1.04 bits per heavy atom. The number of nitrogens with zero attached hydrogens (tertiary/aromatic N) is 5. The molecule has 0 aromatic carbocycles. The summed E-state index contributed by atoms with van der Waals surface area (Å²) in [6.07, 6.45) is -6.78. The fourth-order valence-corrected chi connectivity index (χ4v) is 6.20. The van der Waals surface area contributed by atoms with Crippen molar-refractivity contribution in [3.05, 3.63) is 11.6 Å². The summed E-state index contributed by atoms with van der Waals surface area (Å²) in [5, 5.41) is 22.0. The molecule has 1 amide bonds. The Balaban J connectivity index is 1.54. The van der Waals surface area contributed by atoms with Crippen molar-refractivity contribution in [2.24, 2.45) is 0 Å². The quantitative estimate of drug-likeness (QED) is 0.0574. The minimum absolute atomic E-state index is 0.0316. The number of carbonyl (C=O) groups excluding carboxylic acids is 3. The Kier molecular flexibility index (Phi) is 14.1. The second-order valence-corrected chi connectivity index (χ2v) is 13.7. The number of halogens is 1. The number of nitrogens with one attached hydrogen (secondary N) is 1. The molecule has 4 heterocycles. The molecule has 4 rings (SSSR count). The van der Waals surface area contributed by atoms with Crippen molar-refractivity contribution in [1.82, 2.24) is 24.4 Å². The van der Waals surface area contributed by atoms with E-state index in [1.165, 1.54) is 25.1 Å². The van der Waals surface area contributed by atoms with Gasteiger partial charge in [-0.3, -0.25) is 13.9 Å². The molecule has 2 fully saturated rings. The third-order valence-electron chi connectivity index (χ3n) is 7.90. The van der Waals surface area contributed by atoms with E-state index in [0.717, 1.165) is 11.9 Å². The molecule has 2 aromatic heterocycles. The Morgan fingerprint density at radius 3 is 2.22 bits per heavy atom. The highest BCUT2D eigenvalue weighted by molar-refractivity contribution is 7.55. The molecule has 0 unspecified atom stereocenters. The molecule has 24 heteroatoms. The standard InChI is InChI=1S/C27H40ClN6O16P/c1-33(23(37)27(51(40,41)42,12-48-25(38)46-8-6-43-2)13-49-26(39)47-9-7-44-3)10-16-18(35)19(36)22(50-16)34-14-29-17-20(30-15-4-5-45-11-15)31-24(28)32-21(17)34/h14-16,18-19,22,35-36H,4-13H2,1-3H3,(H,30,31,32)(H2,40,41,42)/t15-,16+,18+,19+,22+/m0/s1. The van der Waals surface area contributed by atoms with Crippen molar-refractivity contribution in [1.29, 1.82) is 0 Å². The average Bonchev–Trinajstić information content (AvgIpc) is 3.81. The summed E-state index contributed by atoms with van der Waals surface area (Å²) >= 11 is 6.19. The molecule has 0 spiro atoms. The first-order chi connectivity index (χ1) is 24.2. The van der Waals surface area contributed by atoms with Gasteiger partial charge in [0.05, 0.1) is 32.2 Å². The number of carbonyl (C=O) groups is 3. The summed E-state index contributed by atoms with van der Waals surface area (Å²) in [5.41, 5.74) is 0.419. The van der Waals surface area contributed by atoms with Crippen LogP contribution in [0.5, 0.6) is 0 Å². The van der Waals surface area contributed by atoms with Gasteiger partial charge in [-0.05, 0) is 18.0 Å². The highest BCUT2D eigenvalue weighted by atomic mass is 35.5. The SMILES string of the molecule is COCCOC(=O)OCC(COC(=O)OCCOC)(C(=O)N(C)C[C@H]1O[C@@H](n2cnc3c(N[C@H]4CCOC4)nc(Cl)nc32)[C@H](O)[C@@H]1O)P(=O)(O)O. The topological polar surface area (TPSA) is 282 Å². The average molecular weight is 771 g/mol. The van der Waals surface area contributed by atoms with Crippen molar-refractivity contribution in [3.8, 4) is 0 Å². The summed E-state index contributed by atoms with van der Waals surface area (Å²) in [5.74, 6) is -1.09. The summed E-state index contributed by atoms with van der Waals surface area (Å²) in [6.45, 7) is -2.85. The number of hydrogen-bond acceptors (Lipinski definition) is 18. The second-order valence-electron chi connectivity index (χ2n) is 11.4. The van der Waals surface area contributed by atoms with Crippen LogP contribution < -0.4 is 5.32 Å². The van der Waals surface area contributed by atoms with Crippen LogP contribution in [-0.2, 0) is 47.3 Å². The van der Waals surface area contributed by atoms with Crippen LogP contribution in [-0.4, -0.2) is 173 Å². The summed E-state index contributed by atoms with van der Waals surface area (Å²) in [4.78, 5) is 72.7. The van der Waals surface area contributed by atoms with Crippen LogP contribution in [0, 0.1) is 0 Å². The normalized spacial score (nSPS) is 22.2. The molecule has 0 bridgehead atoms. The third kappa shape index (κ3) is 9.71. The van der Waals surface area contributed by atoms with E-state index in [0.29, 0.717) is 25.5 Å². The molecule has 2 aliphatic rings. The van der Waals surface area contributed by atoms with E-state index in [9.17, 15) is 38.9 Å². The van der Waals surface area contributed by atoms with E-state index in [4.69, 9.17) is 49.5 Å². The van der Waals surface area contributed by atoms with Gasteiger partial charge >= 0.3 is 19.9 Å². The largest absolute Gasteiger partial charge is 0.508 e. The molecule has 0 saturated carbocycles. The first kappa shape index (κ1) is 40.3. The fourth-order valence-electron chi connectivity index (χ4n) is 5.15. The van der Waals surface area contributed by atoms with Crippen LogP contribution in [0.15, 0.2) is 6.33 Å². The van der Waals surface area contributed by atoms with Crippen LogP contribution >= 0.6 is 19.2 Å². The summed E-state index contributed by atoms with van der Waals surface area (Å²) in [6, 6.07) is -0.0596. The Bertz CT molecular complexity index is 1530. The van der Waals surface area contributed by atoms with Crippen LogP contribution in [0.4, 0.5) is 15.4 Å². The number of imidazole rings is 1. The smallest absolute Gasteiger partial charge is 0.432 e. The molecule has 0 radical (unpaired) electrons. The number of aliphatic hydroxyl groups excluding tert-OH is 2. The van der Waals surface area contributed by atoms with Gasteiger partial charge in [0, 0.05) is 34.4 Å². The molecule has 2 saturated heterocycles. The lowest BCUT2D eigenvalue weighted by molar-refractivity contribution is -0.139. The number of hydrogen-bond donors (Lipinski definition) is 5. The second kappa shape index (κ2) is 17.9. The van der Waals surface area contributed by atoms with Gasteiger partial charge in [0.1, 0.15) is 44.7 Å². The molecular formula is C27H40ClN6O16P. The van der Waals surface area contributed by atoms with Gasteiger partial charge in [-0.1, -0.05) is 0 Å². The van der Waals surface area contributed by atoms with Crippen molar-refractivity contribution in [2.45, 2.75) is 42.2 Å². The van der Waals surface area contributed by atoms with E-state index in [1.54, 1.807) is 0 Å². The first-order valence-electron chi connectivity index (χ1n) is 15.4. The monoisotopic (exact) mass is 770 g/mol. The van der Waals surface area contributed by atoms with Gasteiger partial charge in [0.2, 0.25) is 16.3 Å². The summed E-state index contributed by atoms with van der Waals surface area (Å²) in [7, 11) is -1.91. The predicted octanol–water partition coefficient (Wildman–Crippen LogP) is -0.726. The Morgan fingerprint density at radius 2 is 1.67 bits per heavy atom. The molecule has 5 atom stereocenters. The predicted molar refractivity (Wildman–Crippen MR) is 170 cm³/mol. The molecule has 286 valence electrons. The number of ether oxygens (including phenoxy) is 8. The third-order valence-corrected chi connectivity index (χ3v) is 9.64. The van der Waals surface area contributed by atoms with Gasteiger partial charge in [0.25, 0.3) is 0 Å². The number of aromatic nitrogens is 4. The van der Waals surface area contributed by atoms with Crippen LogP contribution in [0.2, 0.25) is 5.28 Å². The van der Waals surface area contributed by atoms with E-state index < -0.39 is 75.3 Å². The van der Waals surface area contributed by atoms with E-state index in [1.807, 2.05) is 0 Å². The van der Waals surface area contributed by atoms with E-state index >= 15 is 0 Å². The fraction of sp³-hybridized carbons (Fsp3) is 0.704. The number of aliphatic hydroxyl groups is 2. The highest BCUT2D eigenvalue weighted by Gasteiger charge is 2.58. The minimum atomic E-state index is -5.68. The Labute approximate surface area is 295 Å². The van der Waals surface area contributed by atoms with Gasteiger partial charge in [-0.25, -0.2) is 14.6 Å². The lowest BCUT2D eigenvalue weighted by atomic mass is 10.1. The first-order valence-corrected chi connectivity index (χ1v) is 17.4. The zero-order chi connectivity index (χ0) is 37.3. The number of amides is 1. The zero-order valence-corrected chi connectivity index (χ0v) is 29.4. The molecule has 0 aliphatic carbocycles. The van der Waals surface area contributed by atoms with Crippen LogP contribution in [0.1, 0.15) is 12.6 Å². The zero-order valence-electron chi connectivity index (χ0n) is 27.8. The molecule has 2 aromatic rings. The number of anilines is 1. The molecular weight excluding hydrogens is 731 g/mol. The Hall–Kier alpha value is -3.44. The van der Waals surface area contributed by atoms with Gasteiger partial charge in [0.15, 0.2) is 23.2 Å². The maximum Gasteiger partial charge on any atom is 0.508 e. The van der Waals surface area contributed by atoms with E-state index in [-0.39, 0.29) is 48.9 Å². The van der Waals surface area contributed by atoms with Crippen molar-refractivity contribution >= 4 is 54.4 Å². The molecule has 5 N–H and O–H groups in total. The highest BCUT2D eigenvalue weighted by Crippen LogP contribution is 2.52. The number of rotatable bonds is 17. The van der Waals surface area contributed by atoms with E-state index in [2.05, 4.69) is 20.3 Å². The molecule has 51 heavy (non-hydrogen) atoms.